The number of ether oxygens (including phenoxy) is 2. The minimum atomic E-state index is -4.47. The van der Waals surface area contributed by atoms with Gasteiger partial charge in [0.15, 0.2) is 0 Å². The van der Waals surface area contributed by atoms with E-state index in [4.69, 9.17) is 9.47 Å². The van der Waals surface area contributed by atoms with Crippen molar-refractivity contribution in [1.82, 2.24) is 0 Å². The van der Waals surface area contributed by atoms with E-state index in [1.165, 1.54) is 12.1 Å². The van der Waals surface area contributed by atoms with Crippen LogP contribution in [-0.2, 0) is 15.7 Å². The third-order valence-electron chi connectivity index (χ3n) is 2.09. The number of esters is 1. The molecular formula is C12H13F3O3. The van der Waals surface area contributed by atoms with Crippen molar-refractivity contribution in [2.75, 3.05) is 19.8 Å². The Morgan fingerprint density at radius 3 is 2.61 bits per heavy atom. The maximum atomic E-state index is 12.4. The van der Waals surface area contributed by atoms with Crippen LogP contribution in [0, 0.1) is 0 Å². The first-order valence-corrected chi connectivity index (χ1v) is 5.37. The van der Waals surface area contributed by atoms with E-state index in [2.05, 4.69) is 0 Å². The highest BCUT2D eigenvalue weighted by Crippen LogP contribution is 2.29. The zero-order chi connectivity index (χ0) is 13.6. The lowest BCUT2D eigenvalue weighted by molar-refractivity contribution is -0.137. The van der Waals surface area contributed by atoms with Crippen LogP contribution in [0.15, 0.2) is 24.3 Å². The molecule has 6 heteroatoms. The molecule has 1 rings (SSSR count). The topological polar surface area (TPSA) is 35.5 Å². The van der Waals surface area contributed by atoms with E-state index < -0.39 is 17.7 Å². The average Bonchev–Trinajstić information content (AvgIpc) is 2.33. The molecule has 0 amide bonds. The zero-order valence-electron chi connectivity index (χ0n) is 9.79. The predicted octanol–water partition coefficient (Wildman–Crippen LogP) is 2.90. The highest BCUT2D eigenvalue weighted by Gasteiger charge is 2.31. The summed E-state index contributed by atoms with van der Waals surface area (Å²) in [5.74, 6) is -0.791. The molecule has 0 N–H and O–H groups in total. The second kappa shape index (κ2) is 6.39. The van der Waals surface area contributed by atoms with Gasteiger partial charge in [-0.1, -0.05) is 6.07 Å². The molecule has 0 unspecified atom stereocenters. The molecule has 0 spiro atoms. The highest BCUT2D eigenvalue weighted by molar-refractivity contribution is 5.89. The van der Waals surface area contributed by atoms with Gasteiger partial charge in [-0.2, -0.15) is 13.2 Å². The Morgan fingerprint density at radius 2 is 2.00 bits per heavy atom. The van der Waals surface area contributed by atoms with Crippen LogP contribution in [0.1, 0.15) is 22.8 Å². The van der Waals surface area contributed by atoms with Crippen LogP contribution in [0.4, 0.5) is 13.2 Å². The van der Waals surface area contributed by atoms with Gasteiger partial charge in [-0.25, -0.2) is 4.79 Å². The monoisotopic (exact) mass is 262 g/mol. The van der Waals surface area contributed by atoms with Gasteiger partial charge in [-0.15, -0.1) is 0 Å². The van der Waals surface area contributed by atoms with Gasteiger partial charge in [0.2, 0.25) is 0 Å². The van der Waals surface area contributed by atoms with Crippen LogP contribution in [0.2, 0.25) is 0 Å². The maximum absolute atomic E-state index is 12.4. The summed E-state index contributed by atoms with van der Waals surface area (Å²) >= 11 is 0. The van der Waals surface area contributed by atoms with Gasteiger partial charge in [0, 0.05) is 6.61 Å². The van der Waals surface area contributed by atoms with E-state index in [0.29, 0.717) is 6.61 Å². The second-order valence-corrected chi connectivity index (χ2v) is 3.41. The van der Waals surface area contributed by atoms with Crippen molar-refractivity contribution in [1.29, 1.82) is 0 Å². The van der Waals surface area contributed by atoms with E-state index >= 15 is 0 Å². The molecule has 1 aromatic rings. The fourth-order valence-electron chi connectivity index (χ4n) is 1.24. The lowest BCUT2D eigenvalue weighted by Crippen LogP contribution is -2.12. The van der Waals surface area contributed by atoms with Crippen LogP contribution in [-0.4, -0.2) is 25.8 Å². The summed E-state index contributed by atoms with van der Waals surface area (Å²) in [5.41, 5.74) is -0.997. The first kappa shape index (κ1) is 14.5. The predicted molar refractivity (Wildman–Crippen MR) is 58.2 cm³/mol. The molecule has 18 heavy (non-hydrogen) atoms. The summed E-state index contributed by atoms with van der Waals surface area (Å²) in [7, 11) is 0. The van der Waals surface area contributed by atoms with E-state index in [1.54, 1.807) is 6.92 Å². The Hall–Kier alpha value is -1.56. The number of alkyl halides is 3. The summed E-state index contributed by atoms with van der Waals surface area (Å²) in [6, 6.07) is 4.11. The average molecular weight is 262 g/mol. The van der Waals surface area contributed by atoms with Crippen LogP contribution in [0.5, 0.6) is 0 Å². The lowest BCUT2D eigenvalue weighted by Gasteiger charge is -2.08. The third-order valence-corrected chi connectivity index (χ3v) is 2.09. The molecule has 3 nitrogen and oxygen atoms in total. The molecule has 1 aromatic carbocycles. The molecule has 0 heterocycles. The smallest absolute Gasteiger partial charge is 0.416 e. The Labute approximate surface area is 103 Å². The molecule has 0 atom stereocenters. The minimum absolute atomic E-state index is 0.0168. The van der Waals surface area contributed by atoms with E-state index in [0.717, 1.165) is 12.1 Å². The Bertz CT molecular complexity index is 402. The lowest BCUT2D eigenvalue weighted by atomic mass is 10.1. The Balaban J connectivity index is 2.63. The first-order chi connectivity index (χ1) is 8.45. The highest BCUT2D eigenvalue weighted by atomic mass is 19.4. The molecule has 0 aliphatic rings. The number of carbonyl (C=O) groups excluding carboxylic acids is 1. The van der Waals surface area contributed by atoms with Crippen molar-refractivity contribution in [2.24, 2.45) is 0 Å². The Kier molecular flexibility index (Phi) is 5.15. The van der Waals surface area contributed by atoms with Gasteiger partial charge in [-0.3, -0.25) is 0 Å². The number of hydrogen-bond acceptors (Lipinski definition) is 3. The van der Waals surface area contributed by atoms with Crippen LogP contribution < -0.4 is 0 Å². The zero-order valence-corrected chi connectivity index (χ0v) is 9.79. The minimum Gasteiger partial charge on any atom is -0.460 e. The fourth-order valence-corrected chi connectivity index (χ4v) is 1.24. The third kappa shape index (κ3) is 4.37. The van der Waals surface area contributed by atoms with Crippen molar-refractivity contribution in [3.8, 4) is 0 Å². The fraction of sp³-hybridized carbons (Fsp3) is 0.417. The molecule has 0 aliphatic carbocycles. The van der Waals surface area contributed by atoms with Crippen molar-refractivity contribution in [2.45, 2.75) is 13.1 Å². The van der Waals surface area contributed by atoms with E-state index in [-0.39, 0.29) is 18.8 Å². The summed E-state index contributed by atoms with van der Waals surface area (Å²) < 4.78 is 46.9. The molecular weight excluding hydrogens is 249 g/mol. The molecule has 0 aromatic heterocycles. The summed E-state index contributed by atoms with van der Waals surface area (Å²) in [6.07, 6.45) is -4.47. The van der Waals surface area contributed by atoms with Gasteiger partial charge >= 0.3 is 12.1 Å². The number of carbonyl (C=O) groups is 1. The molecule has 100 valence electrons. The quantitative estimate of drug-likeness (QED) is 0.604. The van der Waals surface area contributed by atoms with Crippen molar-refractivity contribution in [3.63, 3.8) is 0 Å². The number of rotatable bonds is 5. The van der Waals surface area contributed by atoms with Crippen LogP contribution in [0.25, 0.3) is 0 Å². The van der Waals surface area contributed by atoms with Gasteiger partial charge in [0.05, 0.1) is 17.7 Å². The van der Waals surface area contributed by atoms with Crippen LogP contribution in [0.3, 0.4) is 0 Å². The van der Waals surface area contributed by atoms with Crippen molar-refractivity contribution in [3.05, 3.63) is 35.4 Å². The number of hydrogen-bond donors (Lipinski definition) is 0. The SMILES string of the molecule is CCOCCOC(=O)c1cccc(C(F)(F)F)c1. The Morgan fingerprint density at radius 1 is 1.28 bits per heavy atom. The maximum Gasteiger partial charge on any atom is 0.416 e. The van der Waals surface area contributed by atoms with E-state index in [1.807, 2.05) is 0 Å². The summed E-state index contributed by atoms with van der Waals surface area (Å²) in [4.78, 5) is 11.4. The van der Waals surface area contributed by atoms with Gasteiger partial charge < -0.3 is 9.47 Å². The second-order valence-electron chi connectivity index (χ2n) is 3.41. The summed E-state index contributed by atoms with van der Waals surface area (Å²) in [6.45, 7) is 2.51. The molecule has 0 aliphatic heterocycles. The first-order valence-electron chi connectivity index (χ1n) is 5.37. The van der Waals surface area contributed by atoms with Gasteiger partial charge in [-0.05, 0) is 25.1 Å². The van der Waals surface area contributed by atoms with Crippen molar-refractivity contribution < 1.29 is 27.4 Å². The molecule has 0 fully saturated rings. The molecule has 0 saturated carbocycles. The van der Waals surface area contributed by atoms with Crippen molar-refractivity contribution >= 4 is 5.97 Å². The number of benzene rings is 1. The molecule has 0 radical (unpaired) electrons. The number of halogens is 3. The largest absolute Gasteiger partial charge is 0.460 e. The normalized spacial score (nSPS) is 11.3. The van der Waals surface area contributed by atoms with E-state index in [9.17, 15) is 18.0 Å². The van der Waals surface area contributed by atoms with Gasteiger partial charge in [0.25, 0.3) is 0 Å². The molecule has 0 bridgehead atoms. The molecule has 0 saturated heterocycles. The summed E-state index contributed by atoms with van der Waals surface area (Å²) in [5, 5.41) is 0. The standard InChI is InChI=1S/C12H13F3O3/c1-2-17-6-7-18-11(16)9-4-3-5-10(8-9)12(13,14)15/h3-5,8H,2,6-7H2,1H3. The van der Waals surface area contributed by atoms with Crippen LogP contribution >= 0.6 is 0 Å². The van der Waals surface area contributed by atoms with Gasteiger partial charge in [0.1, 0.15) is 6.61 Å².